The number of hydrogen-bond donors (Lipinski definition) is 3. The number of ether oxygens (including phenoxy) is 14. The Kier molecular flexibility index (Phi) is 23.8. The fourth-order valence-corrected chi connectivity index (χ4v) is 15.4. The molecular formula is C63H58N8O24S5. The summed E-state index contributed by atoms with van der Waals surface area (Å²) in [7, 11) is 19.8. The van der Waals surface area contributed by atoms with Gasteiger partial charge in [-0.15, -0.1) is 56.7 Å². The topological polar surface area (TPSA) is 425 Å². The van der Waals surface area contributed by atoms with Crippen LogP contribution in [-0.4, -0.2) is 164 Å². The third-order valence-electron chi connectivity index (χ3n) is 14.2. The molecule has 0 aliphatic rings. The minimum absolute atomic E-state index is 0.105. The summed E-state index contributed by atoms with van der Waals surface area (Å²) in [6.07, 6.45) is 6.29. The summed E-state index contributed by atoms with van der Waals surface area (Å²) >= 11 is 5.81. The standard InChI is InChI=1S/C14H12N2O4S.C13H10N2O4S.C12H10N2O8S.C12H14N2O4S.C12H12O4S/c1-18-11-7-6-8(14(17)20-3)21-13(7)12(19-2)10-9(11)15-4-5-16-10;1-18-10-6-5-7(13(16)17)20-12(6)11(19-2)9-8(10)14-3-4-15-9;1-20-9-5-4-6(12(15)22-3)23-11(5)10(21-2)8(14(18)19)7(9)13(16)17;1-16-9-5-4-6(12(15)18-3)19-11(5)10(17-2)8(14)7(9)13;1-14-8-4-5-9(15-2)11-7(8)6-10(17-11)12(13)16-3/h4-6H,1-3H3;3-5H,1-2H3,(H,16,17);4H,1-3H3;4H,13-14H2,1-3H3;4-6H,1-3H3. The molecule has 0 aliphatic heterocycles. The molecule has 12 rings (SSSR count). The van der Waals surface area contributed by atoms with Gasteiger partial charge in [-0.25, -0.2) is 43.9 Å². The van der Waals surface area contributed by atoms with Crippen LogP contribution in [0.1, 0.15) is 48.4 Å². The van der Waals surface area contributed by atoms with E-state index in [-0.39, 0.29) is 37.3 Å². The van der Waals surface area contributed by atoms with E-state index in [1.165, 1.54) is 97.0 Å². The molecule has 0 atom stereocenters. The van der Waals surface area contributed by atoms with Crippen molar-refractivity contribution < 1.29 is 105 Å². The van der Waals surface area contributed by atoms with Crippen molar-refractivity contribution in [1.29, 1.82) is 0 Å². The highest BCUT2D eigenvalue weighted by atomic mass is 32.1. The van der Waals surface area contributed by atoms with Crippen molar-refractivity contribution in [2.24, 2.45) is 0 Å². The predicted molar refractivity (Wildman–Crippen MR) is 375 cm³/mol. The maximum absolute atomic E-state index is 11.8. The van der Waals surface area contributed by atoms with E-state index in [0.717, 1.165) is 62.8 Å². The zero-order valence-corrected chi connectivity index (χ0v) is 59.1. The Balaban J connectivity index is 0.000000160. The van der Waals surface area contributed by atoms with Crippen LogP contribution < -0.4 is 58.8 Å². The molecule has 12 aromatic rings. The van der Waals surface area contributed by atoms with Gasteiger partial charge in [0.2, 0.25) is 11.5 Å². The lowest BCUT2D eigenvalue weighted by atomic mass is 10.1. The van der Waals surface area contributed by atoms with E-state index in [0.29, 0.717) is 108 Å². The number of aromatic carboxylic acids is 1. The zero-order chi connectivity index (χ0) is 73.1. The van der Waals surface area contributed by atoms with Crippen LogP contribution in [-0.2, 0) is 18.9 Å². The second-order valence-electron chi connectivity index (χ2n) is 19.3. The number of hydrogen-bond acceptors (Lipinski definition) is 34. The van der Waals surface area contributed by atoms with Gasteiger partial charge in [0.25, 0.3) is 0 Å². The van der Waals surface area contributed by atoms with Crippen molar-refractivity contribution in [2.75, 3.05) is 111 Å². The molecule has 32 nitrogen and oxygen atoms in total. The van der Waals surface area contributed by atoms with E-state index in [9.17, 15) is 44.2 Å². The molecule has 0 amide bonds. The third-order valence-corrected chi connectivity index (χ3v) is 19.8. The molecule has 100 heavy (non-hydrogen) atoms. The number of nitro benzene ring substituents is 2. The van der Waals surface area contributed by atoms with Crippen molar-refractivity contribution in [1.82, 2.24) is 19.9 Å². The average molecular weight is 1470 g/mol. The number of carboxylic acids is 1. The molecular weight excluding hydrogens is 1410 g/mol. The monoisotopic (exact) mass is 1470 g/mol. The summed E-state index contributed by atoms with van der Waals surface area (Å²) in [6, 6.07) is 11.6. The number of nitrogens with two attached hydrogens (primary N) is 2. The van der Waals surface area contributed by atoms with E-state index in [4.69, 9.17) is 78.2 Å². The number of nitro groups is 2. The van der Waals surface area contributed by atoms with E-state index in [1.54, 1.807) is 77.5 Å². The number of carbonyl (C=O) groups excluding carboxylic acids is 4. The van der Waals surface area contributed by atoms with Crippen molar-refractivity contribution in [3.63, 3.8) is 0 Å². The van der Waals surface area contributed by atoms with Gasteiger partial charge in [0, 0.05) is 51.7 Å². The molecule has 5 aromatic carbocycles. The van der Waals surface area contributed by atoms with Crippen LogP contribution in [0.25, 0.3) is 72.5 Å². The number of rotatable bonds is 17. The summed E-state index contributed by atoms with van der Waals surface area (Å²) in [4.78, 5) is 97.3. The molecule has 0 spiro atoms. The fourth-order valence-electron chi connectivity index (χ4n) is 9.96. The largest absolute Gasteiger partial charge is 0.496 e. The highest BCUT2D eigenvalue weighted by molar-refractivity contribution is 7.23. The van der Waals surface area contributed by atoms with Crippen molar-refractivity contribution >= 4 is 182 Å². The number of carbonyl (C=O) groups is 5. The first-order valence-corrected chi connectivity index (χ1v) is 32.1. The Hall–Kier alpha value is -11.7. The number of methoxy groups -OCH3 is 14. The Labute approximate surface area is 584 Å². The van der Waals surface area contributed by atoms with Crippen molar-refractivity contribution in [2.45, 2.75) is 0 Å². The Morgan fingerprint density at radius 1 is 0.360 bits per heavy atom. The molecule has 0 saturated heterocycles. The Bertz CT molecular complexity index is 4910. The second-order valence-corrected chi connectivity index (χ2v) is 24.6. The molecule has 7 heterocycles. The lowest BCUT2D eigenvalue weighted by Crippen LogP contribution is -2.02. The van der Waals surface area contributed by atoms with Gasteiger partial charge in [0.1, 0.15) is 69.3 Å². The normalized spacial score (nSPS) is 10.6. The average Bonchev–Trinajstić information content (AvgIpc) is 1.58. The highest BCUT2D eigenvalue weighted by Crippen LogP contribution is 2.54. The number of fused-ring (bicyclic) bond motifs is 7. The van der Waals surface area contributed by atoms with E-state index in [1.807, 2.05) is 12.1 Å². The van der Waals surface area contributed by atoms with Crippen LogP contribution in [0.4, 0.5) is 22.7 Å². The van der Waals surface area contributed by atoms with E-state index >= 15 is 0 Å². The van der Waals surface area contributed by atoms with Gasteiger partial charge in [-0.1, -0.05) is 0 Å². The molecule has 7 aromatic heterocycles. The maximum Gasteiger partial charge on any atom is 0.392 e. The molecule has 0 aliphatic carbocycles. The fraction of sp³-hybridized carbons (Fsp3) is 0.222. The SMILES string of the molecule is COC(=O)c1cc2c(OC)c(N)c(N)c(OC)c2s1.COC(=O)c1cc2c(OC)c([N+](=O)[O-])c([N+](=O)[O-])c(OC)c2s1.COC(=O)c1cc2c(OC)c3nccnc3c(OC)c2s1.COC(=O)c1cc2c(OC)ccc(OC)c2s1.COc1c2cc(C(=O)O)sc2c(OC)c2nccnc12. The lowest BCUT2D eigenvalue weighted by Gasteiger charge is -2.12. The first-order valence-electron chi connectivity index (χ1n) is 28.0. The van der Waals surface area contributed by atoms with Gasteiger partial charge >= 0.3 is 41.2 Å². The second kappa shape index (κ2) is 32.1. The minimum atomic E-state index is -0.986. The number of carboxylic acid groups (broad SMARTS) is 1. The number of esters is 4. The third kappa shape index (κ3) is 14.1. The molecule has 37 heteroatoms. The molecule has 524 valence electrons. The van der Waals surface area contributed by atoms with Gasteiger partial charge in [-0.3, -0.25) is 20.2 Å². The summed E-state index contributed by atoms with van der Waals surface area (Å²) in [6.45, 7) is 0. The summed E-state index contributed by atoms with van der Waals surface area (Å²) in [5.74, 6) is 1.01. The molecule has 0 fully saturated rings. The number of aromatic nitrogens is 4. The molecule has 0 saturated carbocycles. The van der Waals surface area contributed by atoms with Crippen LogP contribution in [0.15, 0.2) is 67.3 Å². The predicted octanol–water partition coefficient (Wildman–Crippen LogP) is 12.3. The minimum Gasteiger partial charge on any atom is -0.496 e. The molecule has 0 bridgehead atoms. The smallest absolute Gasteiger partial charge is 0.392 e. The Morgan fingerprint density at radius 2 is 0.640 bits per heavy atom. The Morgan fingerprint density at radius 3 is 0.990 bits per heavy atom. The van der Waals surface area contributed by atoms with Crippen molar-refractivity contribution in [3.8, 4) is 57.5 Å². The number of benzene rings is 5. The number of nitrogen functional groups attached to an aromatic ring is 2. The van der Waals surface area contributed by atoms with Gasteiger partial charge in [-0.2, -0.15) is 0 Å². The van der Waals surface area contributed by atoms with E-state index < -0.39 is 45.1 Å². The number of nitrogens with zero attached hydrogens (tertiary/aromatic N) is 6. The highest BCUT2D eigenvalue weighted by Gasteiger charge is 2.39. The van der Waals surface area contributed by atoms with Crippen molar-refractivity contribution in [3.05, 3.63) is 112 Å². The summed E-state index contributed by atoms with van der Waals surface area (Å²) < 4.78 is 74.7. The first kappa shape index (κ1) is 74.1. The van der Waals surface area contributed by atoms with Gasteiger partial charge < -0.3 is 82.9 Å². The van der Waals surface area contributed by atoms with Gasteiger partial charge in [0.05, 0.1) is 133 Å². The number of anilines is 2. The summed E-state index contributed by atoms with van der Waals surface area (Å²) in [5.41, 5.74) is 13.0. The maximum atomic E-state index is 11.8. The molecule has 0 unspecified atom stereocenters. The van der Waals surface area contributed by atoms with Gasteiger partial charge in [0.15, 0.2) is 34.5 Å². The van der Waals surface area contributed by atoms with Gasteiger partial charge in [-0.05, 0) is 42.5 Å². The molecule has 0 radical (unpaired) electrons. The first-order chi connectivity index (χ1) is 48.0. The summed E-state index contributed by atoms with van der Waals surface area (Å²) in [5, 5.41) is 34.9. The van der Waals surface area contributed by atoms with E-state index in [2.05, 4.69) is 24.7 Å². The number of thiophene rings is 5. The quantitative estimate of drug-likeness (QED) is 0.0250. The van der Waals surface area contributed by atoms with Crippen LogP contribution >= 0.6 is 56.7 Å². The van der Waals surface area contributed by atoms with Crippen LogP contribution in [0.2, 0.25) is 0 Å². The van der Waals surface area contributed by atoms with Crippen LogP contribution in [0.5, 0.6) is 57.5 Å². The molecule has 5 N–H and O–H groups in total. The zero-order valence-electron chi connectivity index (χ0n) is 55.1. The van der Waals surface area contributed by atoms with Crippen LogP contribution in [0, 0.1) is 20.2 Å². The lowest BCUT2D eigenvalue weighted by molar-refractivity contribution is -0.423. The van der Waals surface area contributed by atoms with Crippen LogP contribution in [0.3, 0.4) is 0 Å².